The van der Waals surface area contributed by atoms with Crippen molar-refractivity contribution >= 4 is 46.0 Å². The molecule has 0 aromatic heterocycles. The Morgan fingerprint density at radius 1 is 1.85 bits per heavy atom. The number of amides is 1. The normalized spacial score (nSPS) is 22.5. The van der Waals surface area contributed by atoms with Crippen molar-refractivity contribution in [2.75, 3.05) is 17.8 Å². The summed E-state index contributed by atoms with van der Waals surface area (Å²) in [6, 6.07) is 0.331. The van der Waals surface area contributed by atoms with Gasteiger partial charge in [-0.25, -0.2) is 0 Å². The average Bonchev–Trinajstić information content (AvgIpc) is 2.47. The SMILES string of the molecule is CC[C@H]1CSC(=S)N1C(=O)CSC. The fraction of sp³-hybridized carbons (Fsp3) is 0.750. The van der Waals surface area contributed by atoms with Crippen molar-refractivity contribution in [1.29, 1.82) is 0 Å². The third-order valence-electron chi connectivity index (χ3n) is 1.97. The van der Waals surface area contributed by atoms with Crippen LogP contribution in [0.5, 0.6) is 0 Å². The Morgan fingerprint density at radius 2 is 2.54 bits per heavy atom. The van der Waals surface area contributed by atoms with Gasteiger partial charge in [0.05, 0.1) is 5.75 Å². The molecule has 1 heterocycles. The summed E-state index contributed by atoms with van der Waals surface area (Å²) in [5.74, 6) is 1.67. The molecule has 0 aromatic rings. The second-order valence-corrected chi connectivity index (χ2v) is 5.36. The molecule has 0 unspecified atom stereocenters. The zero-order valence-corrected chi connectivity index (χ0v) is 10.2. The summed E-state index contributed by atoms with van der Waals surface area (Å²) in [6.07, 6.45) is 2.93. The number of hydrogen-bond acceptors (Lipinski definition) is 4. The van der Waals surface area contributed by atoms with Crippen molar-refractivity contribution in [2.24, 2.45) is 0 Å². The highest BCUT2D eigenvalue weighted by Crippen LogP contribution is 2.26. The van der Waals surface area contributed by atoms with Gasteiger partial charge in [0.2, 0.25) is 5.91 Å². The molecule has 1 rings (SSSR count). The third-order valence-corrected chi connectivity index (χ3v) is 4.05. The van der Waals surface area contributed by atoms with E-state index in [0.717, 1.165) is 16.5 Å². The summed E-state index contributed by atoms with van der Waals surface area (Å²) in [4.78, 5) is 13.4. The lowest BCUT2D eigenvalue weighted by atomic mass is 10.2. The molecule has 0 aromatic carbocycles. The van der Waals surface area contributed by atoms with Gasteiger partial charge in [-0.3, -0.25) is 9.69 Å². The van der Waals surface area contributed by atoms with Crippen LogP contribution in [0.2, 0.25) is 0 Å². The van der Waals surface area contributed by atoms with E-state index in [1.165, 1.54) is 0 Å². The maximum atomic E-state index is 11.6. The van der Waals surface area contributed by atoms with Gasteiger partial charge in [-0.15, -0.1) is 0 Å². The first kappa shape index (κ1) is 11.3. The fourth-order valence-corrected chi connectivity index (χ4v) is 3.21. The first-order valence-electron chi connectivity index (χ1n) is 4.18. The van der Waals surface area contributed by atoms with E-state index in [1.807, 2.05) is 6.26 Å². The van der Waals surface area contributed by atoms with Crippen LogP contribution >= 0.6 is 35.7 Å². The Balaban J connectivity index is 2.63. The van der Waals surface area contributed by atoms with Gasteiger partial charge in [0.15, 0.2) is 0 Å². The van der Waals surface area contributed by atoms with Crippen LogP contribution in [-0.4, -0.2) is 38.9 Å². The fourth-order valence-electron chi connectivity index (χ4n) is 1.26. The maximum absolute atomic E-state index is 11.6. The van der Waals surface area contributed by atoms with Crippen LogP contribution in [0.3, 0.4) is 0 Å². The number of hydrogen-bond donors (Lipinski definition) is 0. The summed E-state index contributed by atoms with van der Waals surface area (Å²) < 4.78 is 0.755. The average molecular weight is 235 g/mol. The summed E-state index contributed by atoms with van der Waals surface area (Å²) in [5.41, 5.74) is 0. The molecule has 0 bridgehead atoms. The lowest BCUT2D eigenvalue weighted by Gasteiger charge is -2.21. The summed E-state index contributed by atoms with van der Waals surface area (Å²) in [7, 11) is 0. The third kappa shape index (κ3) is 2.60. The quantitative estimate of drug-likeness (QED) is 0.697. The van der Waals surface area contributed by atoms with E-state index in [4.69, 9.17) is 12.2 Å². The van der Waals surface area contributed by atoms with Crippen molar-refractivity contribution in [3.63, 3.8) is 0 Å². The van der Waals surface area contributed by atoms with Crippen molar-refractivity contribution < 1.29 is 4.79 Å². The highest BCUT2D eigenvalue weighted by Gasteiger charge is 2.31. The van der Waals surface area contributed by atoms with E-state index in [9.17, 15) is 4.79 Å². The van der Waals surface area contributed by atoms with Crippen molar-refractivity contribution in [1.82, 2.24) is 4.90 Å². The number of thioether (sulfide) groups is 2. The number of carbonyl (C=O) groups excluding carboxylic acids is 1. The van der Waals surface area contributed by atoms with E-state index in [-0.39, 0.29) is 5.91 Å². The van der Waals surface area contributed by atoms with E-state index in [0.29, 0.717) is 11.8 Å². The van der Waals surface area contributed by atoms with Crippen molar-refractivity contribution in [3.05, 3.63) is 0 Å². The van der Waals surface area contributed by atoms with Gasteiger partial charge in [0.1, 0.15) is 4.32 Å². The highest BCUT2D eigenvalue weighted by molar-refractivity contribution is 8.23. The Kier molecular flexibility index (Phi) is 4.55. The molecule has 0 N–H and O–H groups in total. The molecular weight excluding hydrogens is 222 g/mol. The van der Waals surface area contributed by atoms with Crippen molar-refractivity contribution in [3.8, 4) is 0 Å². The molecule has 74 valence electrons. The van der Waals surface area contributed by atoms with Crippen LogP contribution in [0.15, 0.2) is 0 Å². The number of rotatable bonds is 3. The van der Waals surface area contributed by atoms with Gasteiger partial charge in [-0.1, -0.05) is 30.9 Å². The molecule has 13 heavy (non-hydrogen) atoms. The Labute approximate surface area is 92.8 Å². The smallest absolute Gasteiger partial charge is 0.238 e. The van der Waals surface area contributed by atoms with Crippen LogP contribution in [0.4, 0.5) is 0 Å². The van der Waals surface area contributed by atoms with Crippen LogP contribution < -0.4 is 0 Å². The zero-order valence-electron chi connectivity index (χ0n) is 7.78. The van der Waals surface area contributed by atoms with E-state index >= 15 is 0 Å². The Bertz CT molecular complexity index is 219. The summed E-state index contributed by atoms with van der Waals surface area (Å²) in [5, 5.41) is 0. The van der Waals surface area contributed by atoms with Crippen LogP contribution in [0.1, 0.15) is 13.3 Å². The molecule has 1 fully saturated rings. The lowest BCUT2D eigenvalue weighted by molar-refractivity contribution is -0.125. The lowest BCUT2D eigenvalue weighted by Crippen LogP contribution is -2.39. The second-order valence-electron chi connectivity index (χ2n) is 2.84. The molecule has 1 atom stereocenters. The maximum Gasteiger partial charge on any atom is 0.238 e. The second kappa shape index (κ2) is 5.22. The van der Waals surface area contributed by atoms with Gasteiger partial charge in [-0.2, -0.15) is 11.8 Å². The first-order chi connectivity index (χ1) is 6.20. The van der Waals surface area contributed by atoms with Crippen molar-refractivity contribution in [2.45, 2.75) is 19.4 Å². The molecular formula is C8H13NOS3. The van der Waals surface area contributed by atoms with Gasteiger partial charge in [-0.05, 0) is 12.7 Å². The molecule has 0 aliphatic carbocycles. The standard InChI is InChI=1S/C8H13NOS3/c1-3-6-4-13-8(11)9(6)7(10)5-12-2/h6H,3-5H2,1-2H3/t6-/m0/s1. The van der Waals surface area contributed by atoms with Gasteiger partial charge in [0, 0.05) is 11.8 Å². The molecule has 1 saturated heterocycles. The first-order valence-corrected chi connectivity index (χ1v) is 6.97. The molecule has 1 amide bonds. The van der Waals surface area contributed by atoms with Gasteiger partial charge < -0.3 is 0 Å². The molecule has 2 nitrogen and oxygen atoms in total. The van der Waals surface area contributed by atoms with E-state index < -0.39 is 0 Å². The topological polar surface area (TPSA) is 20.3 Å². The predicted molar refractivity (Wildman–Crippen MR) is 64.4 cm³/mol. The highest BCUT2D eigenvalue weighted by atomic mass is 32.2. The minimum atomic E-state index is 0.161. The molecule has 1 aliphatic heterocycles. The molecule has 5 heteroatoms. The minimum Gasteiger partial charge on any atom is -0.293 e. The molecule has 0 spiro atoms. The molecule has 1 aliphatic rings. The number of carbonyl (C=O) groups is 1. The molecule has 0 saturated carbocycles. The van der Waals surface area contributed by atoms with Gasteiger partial charge >= 0.3 is 0 Å². The van der Waals surface area contributed by atoms with E-state index in [1.54, 1.807) is 28.4 Å². The largest absolute Gasteiger partial charge is 0.293 e. The minimum absolute atomic E-state index is 0.161. The van der Waals surface area contributed by atoms with Crippen LogP contribution in [0, 0.1) is 0 Å². The summed E-state index contributed by atoms with van der Waals surface area (Å²) in [6.45, 7) is 2.10. The number of thiocarbonyl (C=S) groups is 1. The zero-order chi connectivity index (χ0) is 9.84. The van der Waals surface area contributed by atoms with Gasteiger partial charge in [0.25, 0.3) is 0 Å². The number of nitrogens with zero attached hydrogens (tertiary/aromatic N) is 1. The summed E-state index contributed by atoms with van der Waals surface area (Å²) >= 11 is 8.30. The Morgan fingerprint density at radius 3 is 3.08 bits per heavy atom. The van der Waals surface area contributed by atoms with Crippen LogP contribution in [-0.2, 0) is 4.79 Å². The Hall–Kier alpha value is 0.260. The van der Waals surface area contributed by atoms with Crippen LogP contribution in [0.25, 0.3) is 0 Å². The monoisotopic (exact) mass is 235 g/mol. The predicted octanol–water partition coefficient (Wildman–Crippen LogP) is 1.99. The van der Waals surface area contributed by atoms with E-state index in [2.05, 4.69) is 6.92 Å². The molecule has 0 radical (unpaired) electrons.